The molecule has 0 aliphatic carbocycles. The number of hydrogen-bond donors (Lipinski definition) is 2. The molecule has 1 heterocycles. The molecule has 0 atom stereocenters. The van der Waals surface area contributed by atoms with Crippen molar-refractivity contribution in [1.82, 2.24) is 15.0 Å². The van der Waals surface area contributed by atoms with Gasteiger partial charge in [0, 0.05) is 5.69 Å². The predicted octanol–water partition coefficient (Wildman–Crippen LogP) is 1.19. The lowest BCUT2D eigenvalue weighted by Crippen LogP contribution is -2.02. The summed E-state index contributed by atoms with van der Waals surface area (Å²) < 4.78 is 1.63. The first-order valence-corrected chi connectivity index (χ1v) is 5.58. The average molecular weight is 232 g/mol. The topological polar surface area (TPSA) is 63.0 Å². The van der Waals surface area contributed by atoms with E-state index in [1.807, 2.05) is 18.3 Å². The number of benzene rings is 1. The number of aromatic nitrogens is 3. The van der Waals surface area contributed by atoms with Gasteiger partial charge in [-0.05, 0) is 24.6 Å². The fourth-order valence-electron chi connectivity index (χ4n) is 1.58. The Labute approximate surface area is 100 Å². The molecular formula is C12H16N4O. The normalized spacial score (nSPS) is 10.5. The molecule has 5 nitrogen and oxygen atoms in total. The lowest BCUT2D eigenvalue weighted by atomic mass is 10.2. The molecule has 1 aromatic carbocycles. The van der Waals surface area contributed by atoms with E-state index in [0.29, 0.717) is 13.1 Å². The van der Waals surface area contributed by atoms with Crippen molar-refractivity contribution >= 4 is 5.69 Å². The van der Waals surface area contributed by atoms with Gasteiger partial charge in [0.15, 0.2) is 0 Å². The zero-order valence-corrected chi connectivity index (χ0v) is 9.80. The van der Waals surface area contributed by atoms with Crippen LogP contribution in [0.2, 0.25) is 0 Å². The molecule has 0 aliphatic heterocycles. The lowest BCUT2D eigenvalue weighted by molar-refractivity contribution is 0.268. The van der Waals surface area contributed by atoms with Gasteiger partial charge in [0.2, 0.25) is 0 Å². The molecule has 0 amide bonds. The summed E-state index contributed by atoms with van der Waals surface area (Å²) in [6.45, 7) is 3.25. The van der Waals surface area contributed by atoms with Crippen molar-refractivity contribution in [1.29, 1.82) is 0 Å². The highest BCUT2D eigenvalue weighted by molar-refractivity contribution is 5.45. The summed E-state index contributed by atoms with van der Waals surface area (Å²) in [4.78, 5) is 0. The SMILES string of the molecule is Cc1cccc(NCc2cn(CCO)nn2)c1. The van der Waals surface area contributed by atoms with Crippen molar-refractivity contribution in [3.05, 3.63) is 41.7 Å². The molecule has 0 spiro atoms. The van der Waals surface area contributed by atoms with Gasteiger partial charge in [0.05, 0.1) is 25.9 Å². The van der Waals surface area contributed by atoms with Gasteiger partial charge in [-0.3, -0.25) is 0 Å². The first-order valence-electron chi connectivity index (χ1n) is 5.58. The van der Waals surface area contributed by atoms with Crippen LogP contribution in [0.25, 0.3) is 0 Å². The number of nitrogens with one attached hydrogen (secondary N) is 1. The number of aryl methyl sites for hydroxylation is 1. The Hall–Kier alpha value is -1.88. The molecule has 2 N–H and O–H groups in total. The van der Waals surface area contributed by atoms with Crippen molar-refractivity contribution in [3.63, 3.8) is 0 Å². The zero-order chi connectivity index (χ0) is 12.1. The second-order valence-electron chi connectivity index (χ2n) is 3.92. The maximum atomic E-state index is 8.76. The smallest absolute Gasteiger partial charge is 0.102 e. The van der Waals surface area contributed by atoms with E-state index in [0.717, 1.165) is 11.4 Å². The molecule has 0 radical (unpaired) electrons. The third kappa shape index (κ3) is 3.29. The second-order valence-corrected chi connectivity index (χ2v) is 3.92. The first kappa shape index (κ1) is 11.6. The molecule has 2 rings (SSSR count). The number of aliphatic hydroxyl groups is 1. The van der Waals surface area contributed by atoms with E-state index in [4.69, 9.17) is 5.11 Å². The summed E-state index contributed by atoms with van der Waals surface area (Å²) in [6.07, 6.45) is 1.83. The van der Waals surface area contributed by atoms with Crippen LogP contribution in [0.1, 0.15) is 11.3 Å². The van der Waals surface area contributed by atoms with Gasteiger partial charge < -0.3 is 10.4 Å². The Bertz CT molecular complexity index is 481. The van der Waals surface area contributed by atoms with Gasteiger partial charge in [-0.15, -0.1) is 5.10 Å². The summed E-state index contributed by atoms with van der Waals surface area (Å²) in [7, 11) is 0. The van der Waals surface area contributed by atoms with Crippen molar-refractivity contribution in [2.45, 2.75) is 20.0 Å². The van der Waals surface area contributed by atoms with E-state index >= 15 is 0 Å². The summed E-state index contributed by atoms with van der Waals surface area (Å²) in [5.41, 5.74) is 3.15. The largest absolute Gasteiger partial charge is 0.394 e. The fourth-order valence-corrected chi connectivity index (χ4v) is 1.58. The average Bonchev–Trinajstić information content (AvgIpc) is 2.75. The van der Waals surface area contributed by atoms with Crippen LogP contribution in [0.5, 0.6) is 0 Å². The minimum Gasteiger partial charge on any atom is -0.394 e. The third-order valence-electron chi connectivity index (χ3n) is 2.41. The standard InChI is InChI=1S/C12H16N4O/c1-10-3-2-4-11(7-10)13-8-12-9-16(5-6-17)15-14-12/h2-4,7,9,13,17H,5-6,8H2,1H3. The fraction of sp³-hybridized carbons (Fsp3) is 0.333. The Morgan fingerprint density at radius 2 is 2.29 bits per heavy atom. The van der Waals surface area contributed by atoms with Crippen molar-refractivity contribution in [2.24, 2.45) is 0 Å². The van der Waals surface area contributed by atoms with Crippen LogP contribution in [0.3, 0.4) is 0 Å². The number of nitrogens with zero attached hydrogens (tertiary/aromatic N) is 3. The Morgan fingerprint density at radius 3 is 3.06 bits per heavy atom. The number of rotatable bonds is 5. The molecule has 0 unspecified atom stereocenters. The minimum atomic E-state index is 0.0775. The van der Waals surface area contributed by atoms with Crippen LogP contribution in [-0.2, 0) is 13.1 Å². The van der Waals surface area contributed by atoms with E-state index < -0.39 is 0 Å². The van der Waals surface area contributed by atoms with Crippen LogP contribution in [0, 0.1) is 6.92 Å². The molecule has 5 heteroatoms. The first-order chi connectivity index (χ1) is 8.28. The Kier molecular flexibility index (Phi) is 3.72. The maximum Gasteiger partial charge on any atom is 0.102 e. The van der Waals surface area contributed by atoms with Crippen molar-refractivity contribution in [3.8, 4) is 0 Å². The summed E-state index contributed by atoms with van der Waals surface area (Å²) in [5.74, 6) is 0. The van der Waals surface area contributed by atoms with Crippen molar-refractivity contribution in [2.75, 3.05) is 11.9 Å². The highest BCUT2D eigenvalue weighted by Gasteiger charge is 2.00. The molecule has 90 valence electrons. The van der Waals surface area contributed by atoms with Crippen LogP contribution in [0.4, 0.5) is 5.69 Å². The van der Waals surface area contributed by atoms with Gasteiger partial charge in [-0.25, -0.2) is 4.68 Å². The zero-order valence-electron chi connectivity index (χ0n) is 9.80. The van der Waals surface area contributed by atoms with Gasteiger partial charge >= 0.3 is 0 Å². The lowest BCUT2D eigenvalue weighted by Gasteiger charge is -2.04. The van der Waals surface area contributed by atoms with E-state index in [9.17, 15) is 0 Å². The van der Waals surface area contributed by atoms with Crippen molar-refractivity contribution < 1.29 is 5.11 Å². The number of hydrogen-bond acceptors (Lipinski definition) is 4. The highest BCUT2D eigenvalue weighted by atomic mass is 16.3. The third-order valence-corrected chi connectivity index (χ3v) is 2.41. The van der Waals surface area contributed by atoms with E-state index in [2.05, 4.69) is 34.7 Å². The highest BCUT2D eigenvalue weighted by Crippen LogP contribution is 2.10. The van der Waals surface area contributed by atoms with Gasteiger partial charge in [-0.2, -0.15) is 0 Å². The maximum absolute atomic E-state index is 8.76. The second kappa shape index (κ2) is 5.45. The molecule has 0 saturated heterocycles. The molecule has 0 bridgehead atoms. The Balaban J connectivity index is 1.93. The number of aliphatic hydroxyl groups excluding tert-OH is 1. The molecule has 1 aromatic heterocycles. The minimum absolute atomic E-state index is 0.0775. The summed E-state index contributed by atoms with van der Waals surface area (Å²) in [6, 6.07) is 8.17. The van der Waals surface area contributed by atoms with Gasteiger partial charge in [0.1, 0.15) is 5.69 Å². The molecule has 2 aromatic rings. The quantitative estimate of drug-likeness (QED) is 0.813. The monoisotopic (exact) mass is 232 g/mol. The predicted molar refractivity (Wildman–Crippen MR) is 65.6 cm³/mol. The van der Waals surface area contributed by atoms with Gasteiger partial charge in [0.25, 0.3) is 0 Å². The molecular weight excluding hydrogens is 216 g/mol. The van der Waals surface area contributed by atoms with Crippen LogP contribution < -0.4 is 5.32 Å². The molecule has 0 fully saturated rings. The van der Waals surface area contributed by atoms with Crippen LogP contribution in [0.15, 0.2) is 30.5 Å². The molecule has 17 heavy (non-hydrogen) atoms. The number of anilines is 1. The van der Waals surface area contributed by atoms with Crippen LogP contribution >= 0.6 is 0 Å². The Morgan fingerprint density at radius 1 is 1.41 bits per heavy atom. The van der Waals surface area contributed by atoms with E-state index in [1.54, 1.807) is 4.68 Å². The summed E-state index contributed by atoms with van der Waals surface area (Å²) in [5, 5.41) is 20.0. The van der Waals surface area contributed by atoms with Gasteiger partial charge in [-0.1, -0.05) is 17.3 Å². The molecule has 0 saturated carbocycles. The molecule has 0 aliphatic rings. The van der Waals surface area contributed by atoms with Crippen LogP contribution in [-0.4, -0.2) is 26.7 Å². The van der Waals surface area contributed by atoms with E-state index in [-0.39, 0.29) is 6.61 Å². The summed E-state index contributed by atoms with van der Waals surface area (Å²) >= 11 is 0. The van der Waals surface area contributed by atoms with E-state index in [1.165, 1.54) is 5.56 Å².